The predicted molar refractivity (Wildman–Crippen MR) is 104 cm³/mol. The summed E-state index contributed by atoms with van der Waals surface area (Å²) in [6, 6.07) is 12.5. The number of hydrogen-bond acceptors (Lipinski definition) is 3. The lowest BCUT2D eigenvalue weighted by Crippen LogP contribution is -2.15. The average molecular weight is 413 g/mol. The highest BCUT2D eigenvalue weighted by Crippen LogP contribution is 2.30. The van der Waals surface area contributed by atoms with E-state index in [2.05, 4.69) is 10.3 Å². The highest BCUT2D eigenvalue weighted by Gasteiger charge is 2.12. The van der Waals surface area contributed by atoms with Crippen LogP contribution in [0.4, 0.5) is 5.69 Å². The van der Waals surface area contributed by atoms with Gasteiger partial charge < -0.3 is 5.32 Å². The number of anilines is 1. The van der Waals surface area contributed by atoms with Crippen LogP contribution in [-0.4, -0.2) is 21.2 Å². The van der Waals surface area contributed by atoms with E-state index in [1.54, 1.807) is 30.5 Å². The van der Waals surface area contributed by atoms with Crippen molar-refractivity contribution in [3.05, 3.63) is 69.9 Å². The van der Waals surface area contributed by atoms with E-state index < -0.39 is 0 Å². The van der Waals surface area contributed by atoms with Crippen LogP contribution in [0.3, 0.4) is 0 Å². The highest BCUT2D eigenvalue weighted by molar-refractivity contribution is 7.99. The summed E-state index contributed by atoms with van der Waals surface area (Å²) in [6.07, 6.45) is 3.49. The normalized spacial score (nSPS) is 10.7. The van der Waals surface area contributed by atoms with E-state index in [4.69, 9.17) is 34.8 Å². The summed E-state index contributed by atoms with van der Waals surface area (Å²) in [5.74, 6) is -0.0558. The lowest BCUT2D eigenvalue weighted by molar-refractivity contribution is -0.113. The summed E-state index contributed by atoms with van der Waals surface area (Å²) in [7, 11) is 0. The molecule has 0 aliphatic heterocycles. The third kappa shape index (κ3) is 4.50. The summed E-state index contributed by atoms with van der Waals surface area (Å²) in [6.45, 7) is 0. The molecule has 0 fully saturated rings. The Kier molecular flexibility index (Phi) is 5.91. The molecule has 2 aromatic carbocycles. The second-order valence-corrected chi connectivity index (χ2v) is 7.19. The van der Waals surface area contributed by atoms with E-state index >= 15 is 0 Å². The standard InChI is InChI=1S/C17H12Cl3N3OS/c18-11-3-1-4-12(9-11)23-8-7-21-17(23)25-10-15(24)22-16-13(19)5-2-6-14(16)20/h1-9H,10H2,(H,22,24). The Hall–Kier alpha value is -1.66. The molecule has 0 atom stereocenters. The van der Waals surface area contributed by atoms with E-state index in [0.29, 0.717) is 25.9 Å². The van der Waals surface area contributed by atoms with Gasteiger partial charge in [0.15, 0.2) is 5.16 Å². The Labute approximate surface area is 164 Å². The minimum atomic E-state index is -0.222. The van der Waals surface area contributed by atoms with Crippen molar-refractivity contribution in [1.82, 2.24) is 9.55 Å². The zero-order valence-electron chi connectivity index (χ0n) is 12.7. The van der Waals surface area contributed by atoms with Crippen molar-refractivity contribution in [2.75, 3.05) is 11.1 Å². The van der Waals surface area contributed by atoms with Crippen LogP contribution in [0.1, 0.15) is 0 Å². The minimum absolute atomic E-state index is 0.166. The van der Waals surface area contributed by atoms with Crippen LogP contribution in [0, 0.1) is 0 Å². The number of rotatable bonds is 5. The van der Waals surface area contributed by atoms with Gasteiger partial charge in [0.2, 0.25) is 5.91 Å². The van der Waals surface area contributed by atoms with Gasteiger partial charge in [0.05, 0.1) is 21.5 Å². The quantitative estimate of drug-likeness (QED) is 0.558. The molecule has 4 nitrogen and oxygen atoms in total. The zero-order chi connectivity index (χ0) is 17.8. The van der Waals surface area contributed by atoms with Gasteiger partial charge in [0.1, 0.15) is 0 Å². The molecule has 8 heteroatoms. The molecule has 0 spiro atoms. The predicted octanol–water partition coefficient (Wildman–Crippen LogP) is 5.56. The molecule has 1 aromatic heterocycles. The van der Waals surface area contributed by atoms with E-state index in [1.807, 2.05) is 29.0 Å². The molecule has 1 amide bonds. The Balaban J connectivity index is 1.69. The number of imidazole rings is 1. The molecule has 0 unspecified atom stereocenters. The average Bonchev–Trinajstić information content (AvgIpc) is 3.05. The third-order valence-electron chi connectivity index (χ3n) is 3.25. The van der Waals surface area contributed by atoms with Crippen LogP contribution >= 0.6 is 46.6 Å². The molecular weight excluding hydrogens is 401 g/mol. The smallest absolute Gasteiger partial charge is 0.234 e. The van der Waals surface area contributed by atoms with Crippen molar-refractivity contribution in [1.29, 1.82) is 0 Å². The number of nitrogens with zero attached hydrogens (tertiary/aromatic N) is 2. The first kappa shape index (κ1) is 18.1. The van der Waals surface area contributed by atoms with Crippen molar-refractivity contribution >= 4 is 58.2 Å². The first-order chi connectivity index (χ1) is 12.0. The van der Waals surface area contributed by atoms with Crippen LogP contribution in [0.15, 0.2) is 60.0 Å². The summed E-state index contributed by atoms with van der Waals surface area (Å²) in [4.78, 5) is 16.5. The van der Waals surface area contributed by atoms with Crippen molar-refractivity contribution in [2.45, 2.75) is 5.16 Å². The van der Waals surface area contributed by atoms with Crippen LogP contribution in [0.25, 0.3) is 5.69 Å². The third-order valence-corrected chi connectivity index (χ3v) is 5.08. The van der Waals surface area contributed by atoms with E-state index in [-0.39, 0.29) is 11.7 Å². The minimum Gasteiger partial charge on any atom is -0.323 e. The lowest BCUT2D eigenvalue weighted by atomic mass is 10.3. The molecule has 0 saturated heterocycles. The molecule has 3 aromatic rings. The molecule has 1 heterocycles. The van der Waals surface area contributed by atoms with Gasteiger partial charge in [-0.05, 0) is 30.3 Å². The second kappa shape index (κ2) is 8.15. The van der Waals surface area contributed by atoms with Gasteiger partial charge in [0.25, 0.3) is 0 Å². The number of thioether (sulfide) groups is 1. The molecular formula is C17H12Cl3N3OS. The maximum absolute atomic E-state index is 12.2. The molecule has 0 bridgehead atoms. The summed E-state index contributed by atoms with van der Waals surface area (Å²) >= 11 is 19.5. The fraction of sp³-hybridized carbons (Fsp3) is 0.0588. The fourth-order valence-corrected chi connectivity index (χ4v) is 3.59. The Morgan fingerprint density at radius 2 is 1.84 bits per heavy atom. The molecule has 0 radical (unpaired) electrons. The number of nitrogens with one attached hydrogen (secondary N) is 1. The number of benzene rings is 2. The maximum atomic E-state index is 12.2. The molecule has 25 heavy (non-hydrogen) atoms. The van der Waals surface area contributed by atoms with E-state index in [9.17, 15) is 4.79 Å². The number of halogens is 3. The number of carbonyl (C=O) groups excluding carboxylic acids is 1. The van der Waals surface area contributed by atoms with Crippen LogP contribution in [-0.2, 0) is 4.79 Å². The second-order valence-electron chi connectivity index (χ2n) is 4.99. The monoisotopic (exact) mass is 411 g/mol. The molecule has 1 N–H and O–H groups in total. The Morgan fingerprint density at radius 1 is 1.12 bits per heavy atom. The number of aromatic nitrogens is 2. The Bertz CT molecular complexity index is 893. The largest absolute Gasteiger partial charge is 0.323 e. The topological polar surface area (TPSA) is 46.9 Å². The number of amides is 1. The fourth-order valence-electron chi connectivity index (χ4n) is 2.14. The van der Waals surface area contributed by atoms with Crippen LogP contribution in [0.5, 0.6) is 0 Å². The van der Waals surface area contributed by atoms with Crippen molar-refractivity contribution in [3.63, 3.8) is 0 Å². The Morgan fingerprint density at radius 3 is 2.56 bits per heavy atom. The summed E-state index contributed by atoms with van der Waals surface area (Å²) in [5.41, 5.74) is 1.29. The van der Waals surface area contributed by atoms with Crippen LogP contribution in [0.2, 0.25) is 15.1 Å². The van der Waals surface area contributed by atoms with Gasteiger partial charge in [-0.1, -0.05) is 58.7 Å². The lowest BCUT2D eigenvalue weighted by Gasteiger charge is -2.10. The molecule has 0 aliphatic carbocycles. The van der Waals surface area contributed by atoms with Gasteiger partial charge >= 0.3 is 0 Å². The van der Waals surface area contributed by atoms with Gasteiger partial charge in [-0.2, -0.15) is 0 Å². The number of carbonyl (C=O) groups is 1. The van der Waals surface area contributed by atoms with Gasteiger partial charge in [-0.15, -0.1) is 0 Å². The molecule has 3 rings (SSSR count). The first-order valence-corrected chi connectivity index (χ1v) is 9.32. The first-order valence-electron chi connectivity index (χ1n) is 7.20. The summed E-state index contributed by atoms with van der Waals surface area (Å²) in [5, 5.41) is 4.83. The van der Waals surface area contributed by atoms with Crippen molar-refractivity contribution < 1.29 is 4.79 Å². The number of hydrogen-bond donors (Lipinski definition) is 1. The zero-order valence-corrected chi connectivity index (χ0v) is 15.8. The van der Waals surface area contributed by atoms with Crippen molar-refractivity contribution in [2.24, 2.45) is 0 Å². The molecule has 0 saturated carbocycles. The van der Waals surface area contributed by atoms with Gasteiger partial charge in [-0.25, -0.2) is 4.98 Å². The molecule has 0 aliphatic rings. The maximum Gasteiger partial charge on any atom is 0.234 e. The van der Waals surface area contributed by atoms with Crippen molar-refractivity contribution in [3.8, 4) is 5.69 Å². The van der Waals surface area contributed by atoms with E-state index in [1.165, 1.54) is 11.8 Å². The van der Waals surface area contributed by atoms with Gasteiger partial charge in [0, 0.05) is 23.1 Å². The van der Waals surface area contributed by atoms with Crippen LogP contribution < -0.4 is 5.32 Å². The van der Waals surface area contributed by atoms with E-state index in [0.717, 1.165) is 5.69 Å². The van der Waals surface area contributed by atoms with Gasteiger partial charge in [-0.3, -0.25) is 9.36 Å². The molecule has 128 valence electrons. The SMILES string of the molecule is O=C(CSc1nccn1-c1cccc(Cl)c1)Nc1c(Cl)cccc1Cl. The summed E-state index contributed by atoms with van der Waals surface area (Å²) < 4.78 is 1.87. The number of para-hydroxylation sites is 1. The highest BCUT2D eigenvalue weighted by atomic mass is 35.5.